The fourth-order valence-electron chi connectivity index (χ4n) is 2.71. The number of para-hydroxylation sites is 1. The van der Waals surface area contributed by atoms with E-state index in [1.807, 2.05) is 30.3 Å². The molecule has 0 bridgehead atoms. The quantitative estimate of drug-likeness (QED) is 0.808. The van der Waals surface area contributed by atoms with Crippen molar-refractivity contribution in [1.82, 2.24) is 0 Å². The van der Waals surface area contributed by atoms with E-state index in [0.29, 0.717) is 6.54 Å². The molecule has 1 heterocycles. The maximum Gasteiger partial charge on any atom is 0.123 e. The lowest BCUT2D eigenvalue weighted by atomic mass is 9.98. The van der Waals surface area contributed by atoms with Crippen LogP contribution >= 0.6 is 0 Å². The molecule has 110 valence electrons. The molecular formula is C17H19NO3. The first kappa shape index (κ1) is 13.8. The van der Waals surface area contributed by atoms with Gasteiger partial charge in [-0.3, -0.25) is 0 Å². The van der Waals surface area contributed by atoms with E-state index in [4.69, 9.17) is 4.74 Å². The predicted molar refractivity (Wildman–Crippen MR) is 81.6 cm³/mol. The van der Waals surface area contributed by atoms with Gasteiger partial charge in [0, 0.05) is 28.9 Å². The smallest absolute Gasteiger partial charge is 0.123 e. The minimum atomic E-state index is -0.00877. The Morgan fingerprint density at radius 3 is 2.86 bits per heavy atom. The third-order valence-electron chi connectivity index (χ3n) is 3.84. The van der Waals surface area contributed by atoms with Gasteiger partial charge >= 0.3 is 0 Å². The zero-order valence-electron chi connectivity index (χ0n) is 11.8. The fraction of sp³-hybridized carbons (Fsp3) is 0.294. The second kappa shape index (κ2) is 6.06. The molecule has 3 N–H and O–H groups in total. The van der Waals surface area contributed by atoms with E-state index in [0.717, 1.165) is 47.6 Å². The Hall–Kier alpha value is -2.20. The van der Waals surface area contributed by atoms with Gasteiger partial charge in [-0.2, -0.15) is 0 Å². The van der Waals surface area contributed by atoms with Crippen molar-refractivity contribution in [2.75, 3.05) is 11.9 Å². The number of aliphatic hydroxyl groups excluding tert-OH is 1. The molecule has 4 nitrogen and oxygen atoms in total. The van der Waals surface area contributed by atoms with Crippen molar-refractivity contribution < 1.29 is 14.9 Å². The number of nitrogens with one attached hydrogen (secondary N) is 1. The molecule has 0 saturated carbocycles. The second-order valence-corrected chi connectivity index (χ2v) is 5.16. The SMILES string of the molecule is OCc1ccccc1NCc1c(O)ccc2c1CCCO2. The van der Waals surface area contributed by atoms with Crippen LogP contribution in [-0.2, 0) is 19.6 Å². The van der Waals surface area contributed by atoms with Gasteiger partial charge < -0.3 is 20.3 Å². The number of benzene rings is 2. The summed E-state index contributed by atoms with van der Waals surface area (Å²) in [5.74, 6) is 1.15. The summed E-state index contributed by atoms with van der Waals surface area (Å²) in [5, 5.41) is 22.8. The number of rotatable bonds is 4. The first-order chi connectivity index (χ1) is 10.3. The monoisotopic (exact) mass is 285 g/mol. The average molecular weight is 285 g/mol. The summed E-state index contributed by atoms with van der Waals surface area (Å²) in [4.78, 5) is 0. The third-order valence-corrected chi connectivity index (χ3v) is 3.84. The predicted octanol–water partition coefficient (Wildman–Crippen LogP) is 2.82. The highest BCUT2D eigenvalue weighted by molar-refractivity contribution is 5.54. The van der Waals surface area contributed by atoms with Crippen LogP contribution in [-0.4, -0.2) is 16.8 Å². The van der Waals surface area contributed by atoms with E-state index in [-0.39, 0.29) is 12.4 Å². The van der Waals surface area contributed by atoms with Crippen molar-refractivity contribution in [1.29, 1.82) is 0 Å². The van der Waals surface area contributed by atoms with Crippen LogP contribution in [0.3, 0.4) is 0 Å². The molecule has 4 heteroatoms. The minimum absolute atomic E-state index is 0.00877. The minimum Gasteiger partial charge on any atom is -0.508 e. The molecule has 0 radical (unpaired) electrons. The standard InChI is InChI=1S/C17H19NO3/c19-11-12-4-1-2-6-15(12)18-10-14-13-5-3-9-21-17(13)8-7-16(14)20/h1-2,4,6-8,18-20H,3,5,9-11H2. The fourth-order valence-corrected chi connectivity index (χ4v) is 2.71. The van der Waals surface area contributed by atoms with E-state index >= 15 is 0 Å². The summed E-state index contributed by atoms with van der Waals surface area (Å²) < 4.78 is 5.64. The molecule has 2 aromatic carbocycles. The summed E-state index contributed by atoms with van der Waals surface area (Å²) in [6.45, 7) is 1.23. The van der Waals surface area contributed by atoms with Gasteiger partial charge in [0.25, 0.3) is 0 Å². The Bertz CT molecular complexity index is 640. The lowest BCUT2D eigenvalue weighted by Crippen LogP contribution is -2.13. The number of fused-ring (bicyclic) bond motifs is 1. The van der Waals surface area contributed by atoms with Gasteiger partial charge in [0.1, 0.15) is 11.5 Å². The van der Waals surface area contributed by atoms with E-state index in [2.05, 4.69) is 5.32 Å². The molecule has 1 aliphatic heterocycles. The van der Waals surface area contributed by atoms with Crippen LogP contribution in [0.2, 0.25) is 0 Å². The van der Waals surface area contributed by atoms with E-state index in [1.165, 1.54) is 0 Å². The Morgan fingerprint density at radius 2 is 2.00 bits per heavy atom. The molecule has 0 atom stereocenters. The molecule has 1 aliphatic rings. The van der Waals surface area contributed by atoms with Gasteiger partial charge in [-0.1, -0.05) is 18.2 Å². The van der Waals surface area contributed by atoms with Gasteiger partial charge in [-0.05, 0) is 31.0 Å². The Kier molecular flexibility index (Phi) is 3.97. The first-order valence-corrected chi connectivity index (χ1v) is 7.18. The number of hydrogen-bond donors (Lipinski definition) is 3. The van der Waals surface area contributed by atoms with E-state index in [1.54, 1.807) is 6.07 Å². The lowest BCUT2D eigenvalue weighted by molar-refractivity contribution is 0.282. The van der Waals surface area contributed by atoms with Crippen LogP contribution in [0.15, 0.2) is 36.4 Å². The lowest BCUT2D eigenvalue weighted by Gasteiger charge is -2.22. The van der Waals surface area contributed by atoms with Crippen LogP contribution in [0.25, 0.3) is 0 Å². The average Bonchev–Trinajstić information content (AvgIpc) is 2.54. The van der Waals surface area contributed by atoms with Crippen molar-refractivity contribution in [3.8, 4) is 11.5 Å². The van der Waals surface area contributed by atoms with E-state index in [9.17, 15) is 10.2 Å². The van der Waals surface area contributed by atoms with Crippen LogP contribution in [0.5, 0.6) is 11.5 Å². The second-order valence-electron chi connectivity index (χ2n) is 5.16. The highest BCUT2D eigenvalue weighted by atomic mass is 16.5. The zero-order valence-corrected chi connectivity index (χ0v) is 11.8. The number of hydrogen-bond acceptors (Lipinski definition) is 4. The Labute approximate surface area is 124 Å². The molecule has 2 aromatic rings. The largest absolute Gasteiger partial charge is 0.508 e. The van der Waals surface area contributed by atoms with Gasteiger partial charge in [0.05, 0.1) is 13.2 Å². The number of phenolic OH excluding ortho intramolecular Hbond substituents is 1. The Morgan fingerprint density at radius 1 is 1.14 bits per heavy atom. The molecule has 3 rings (SSSR count). The summed E-state index contributed by atoms with van der Waals surface area (Å²) in [5.41, 5.74) is 3.68. The number of aromatic hydroxyl groups is 1. The van der Waals surface area contributed by atoms with Crippen LogP contribution in [0, 0.1) is 0 Å². The van der Waals surface area contributed by atoms with Crippen LogP contribution in [0.4, 0.5) is 5.69 Å². The molecule has 0 unspecified atom stereocenters. The van der Waals surface area contributed by atoms with Crippen LogP contribution < -0.4 is 10.1 Å². The molecule has 0 saturated heterocycles. The maximum atomic E-state index is 10.1. The van der Waals surface area contributed by atoms with Crippen molar-refractivity contribution in [3.05, 3.63) is 53.1 Å². The van der Waals surface area contributed by atoms with Gasteiger partial charge in [0.2, 0.25) is 0 Å². The molecule has 21 heavy (non-hydrogen) atoms. The Balaban J connectivity index is 1.85. The third kappa shape index (κ3) is 2.81. The van der Waals surface area contributed by atoms with Gasteiger partial charge in [0.15, 0.2) is 0 Å². The maximum absolute atomic E-state index is 10.1. The number of anilines is 1. The summed E-state index contributed by atoms with van der Waals surface area (Å²) >= 11 is 0. The molecule has 0 fully saturated rings. The molecule has 0 spiro atoms. The van der Waals surface area contributed by atoms with Gasteiger partial charge in [-0.15, -0.1) is 0 Å². The number of aliphatic hydroxyl groups is 1. The first-order valence-electron chi connectivity index (χ1n) is 7.18. The van der Waals surface area contributed by atoms with Crippen molar-refractivity contribution in [3.63, 3.8) is 0 Å². The summed E-state index contributed by atoms with van der Waals surface area (Å²) in [6.07, 6.45) is 1.89. The zero-order chi connectivity index (χ0) is 14.7. The normalized spacial score (nSPS) is 13.4. The van der Waals surface area contributed by atoms with E-state index < -0.39 is 0 Å². The highest BCUT2D eigenvalue weighted by Crippen LogP contribution is 2.34. The molecule has 0 amide bonds. The number of phenols is 1. The summed E-state index contributed by atoms with van der Waals surface area (Å²) in [7, 11) is 0. The van der Waals surface area contributed by atoms with Crippen molar-refractivity contribution in [2.24, 2.45) is 0 Å². The highest BCUT2D eigenvalue weighted by Gasteiger charge is 2.17. The number of ether oxygens (including phenoxy) is 1. The van der Waals surface area contributed by atoms with Crippen LogP contribution in [0.1, 0.15) is 23.1 Å². The van der Waals surface area contributed by atoms with Crippen molar-refractivity contribution >= 4 is 5.69 Å². The van der Waals surface area contributed by atoms with Gasteiger partial charge in [-0.25, -0.2) is 0 Å². The molecule has 0 aliphatic carbocycles. The molecular weight excluding hydrogens is 266 g/mol. The summed E-state index contributed by atoms with van der Waals surface area (Å²) in [6, 6.07) is 11.1. The van der Waals surface area contributed by atoms with Crippen molar-refractivity contribution in [2.45, 2.75) is 26.0 Å². The topological polar surface area (TPSA) is 61.7 Å². The molecule has 0 aromatic heterocycles.